The molecule has 0 saturated heterocycles. The number of hydrogen-bond acceptors (Lipinski definition) is 8. The quantitative estimate of drug-likeness (QED) is 0.449. The minimum absolute atomic E-state index is 0.0479. The average Bonchev–Trinajstić information content (AvgIpc) is 3.21. The zero-order valence-electron chi connectivity index (χ0n) is 12.0. The van der Waals surface area contributed by atoms with Crippen LogP contribution in [0.1, 0.15) is 0 Å². The molecule has 0 spiro atoms. The smallest absolute Gasteiger partial charge is 0.270 e. The number of rotatable bonds is 4. The highest BCUT2D eigenvalue weighted by molar-refractivity contribution is 7.22. The lowest BCUT2D eigenvalue weighted by molar-refractivity contribution is -0.384. The van der Waals surface area contributed by atoms with Gasteiger partial charge in [0, 0.05) is 24.5 Å². The van der Waals surface area contributed by atoms with E-state index in [9.17, 15) is 10.1 Å². The van der Waals surface area contributed by atoms with Crippen LogP contribution in [0.2, 0.25) is 0 Å². The van der Waals surface area contributed by atoms with Crippen LogP contribution in [0.5, 0.6) is 0 Å². The number of thiazole rings is 1. The van der Waals surface area contributed by atoms with Crippen molar-refractivity contribution >= 4 is 38.1 Å². The normalized spacial score (nSPS) is 10.8. The molecule has 0 aliphatic heterocycles. The monoisotopic (exact) mass is 339 g/mol. The first-order chi connectivity index (χ1) is 11.7. The van der Waals surface area contributed by atoms with Crippen molar-refractivity contribution in [3.8, 4) is 5.95 Å². The summed E-state index contributed by atoms with van der Waals surface area (Å²) in [5, 5.41) is 18.8. The van der Waals surface area contributed by atoms with Gasteiger partial charge in [-0.05, 0) is 12.1 Å². The van der Waals surface area contributed by atoms with Gasteiger partial charge >= 0.3 is 0 Å². The Kier molecular flexibility index (Phi) is 3.35. The van der Waals surface area contributed by atoms with Crippen LogP contribution in [0, 0.1) is 10.1 Å². The van der Waals surface area contributed by atoms with Crippen LogP contribution in [0.3, 0.4) is 0 Å². The van der Waals surface area contributed by atoms with E-state index < -0.39 is 4.92 Å². The van der Waals surface area contributed by atoms with Crippen LogP contribution in [0.4, 0.5) is 16.5 Å². The molecule has 0 bridgehead atoms. The van der Waals surface area contributed by atoms with E-state index in [1.807, 2.05) is 0 Å². The summed E-state index contributed by atoms with van der Waals surface area (Å²) >= 11 is 1.33. The molecule has 4 rings (SSSR count). The first-order valence-electron chi connectivity index (χ1n) is 6.83. The van der Waals surface area contributed by atoms with Gasteiger partial charge in [-0.25, -0.2) is 19.6 Å². The number of fused-ring (bicyclic) bond motifs is 1. The minimum atomic E-state index is -0.420. The summed E-state index contributed by atoms with van der Waals surface area (Å²) < 4.78 is 2.28. The van der Waals surface area contributed by atoms with Gasteiger partial charge in [0.2, 0.25) is 5.95 Å². The highest BCUT2D eigenvalue weighted by Gasteiger charge is 2.11. The molecule has 0 unspecified atom stereocenters. The lowest BCUT2D eigenvalue weighted by Gasteiger charge is -1.97. The minimum Gasteiger partial charge on any atom is -0.329 e. The van der Waals surface area contributed by atoms with Gasteiger partial charge in [0.15, 0.2) is 5.13 Å². The van der Waals surface area contributed by atoms with E-state index in [-0.39, 0.29) is 5.69 Å². The summed E-state index contributed by atoms with van der Waals surface area (Å²) in [4.78, 5) is 23.0. The van der Waals surface area contributed by atoms with Crippen LogP contribution < -0.4 is 5.32 Å². The molecule has 118 valence electrons. The Morgan fingerprint density at radius 1 is 1.25 bits per heavy atom. The number of non-ortho nitro benzene ring substituents is 1. The second kappa shape index (κ2) is 5.66. The molecule has 0 radical (unpaired) electrons. The number of nitrogens with zero attached hydrogens (tertiary/aromatic N) is 6. The predicted molar refractivity (Wildman–Crippen MR) is 88.7 cm³/mol. The van der Waals surface area contributed by atoms with Crippen LogP contribution in [-0.2, 0) is 0 Å². The second-order valence-electron chi connectivity index (χ2n) is 4.78. The van der Waals surface area contributed by atoms with E-state index in [1.54, 1.807) is 41.6 Å². The Bertz CT molecular complexity index is 1030. The fourth-order valence-corrected chi connectivity index (χ4v) is 3.03. The molecular formula is C14H9N7O2S. The Balaban J connectivity index is 1.60. The molecule has 0 fully saturated rings. The third kappa shape index (κ3) is 2.65. The van der Waals surface area contributed by atoms with Gasteiger partial charge in [0.1, 0.15) is 0 Å². The molecule has 1 aromatic carbocycles. The number of anilines is 2. The number of hydrogen-bond donors (Lipinski definition) is 1. The predicted octanol–water partition coefficient (Wildman–Crippen LogP) is 2.92. The molecule has 24 heavy (non-hydrogen) atoms. The van der Waals surface area contributed by atoms with Crippen LogP contribution in [-0.4, -0.2) is 29.7 Å². The highest BCUT2D eigenvalue weighted by Crippen LogP contribution is 2.30. The van der Waals surface area contributed by atoms with E-state index in [2.05, 4.69) is 25.4 Å². The van der Waals surface area contributed by atoms with Gasteiger partial charge in [0.05, 0.1) is 33.2 Å². The number of nitro groups is 1. The molecule has 4 aromatic rings. The maximum atomic E-state index is 10.8. The Hall–Kier alpha value is -3.40. The summed E-state index contributed by atoms with van der Waals surface area (Å²) in [5.74, 6) is 0.463. The molecule has 3 aromatic heterocycles. The zero-order chi connectivity index (χ0) is 16.5. The maximum Gasteiger partial charge on any atom is 0.270 e. The van der Waals surface area contributed by atoms with Crippen molar-refractivity contribution in [2.45, 2.75) is 0 Å². The van der Waals surface area contributed by atoms with Gasteiger partial charge in [-0.2, -0.15) is 5.10 Å². The van der Waals surface area contributed by atoms with Crippen molar-refractivity contribution in [2.24, 2.45) is 0 Å². The van der Waals surface area contributed by atoms with Gasteiger partial charge in [-0.1, -0.05) is 11.3 Å². The molecule has 0 saturated carbocycles. The summed E-state index contributed by atoms with van der Waals surface area (Å²) in [6.07, 6.45) is 6.64. The molecule has 0 aliphatic rings. The number of nitrogens with one attached hydrogen (secondary N) is 1. The third-order valence-electron chi connectivity index (χ3n) is 3.17. The standard InChI is InChI=1S/C14H9N7O2S/c22-21(23)10-2-3-11-12(6-10)24-14(19-11)18-9-7-17-20(8-9)13-15-4-1-5-16-13/h1-8H,(H,18,19). The van der Waals surface area contributed by atoms with E-state index >= 15 is 0 Å². The van der Waals surface area contributed by atoms with E-state index in [0.29, 0.717) is 16.6 Å². The molecule has 10 heteroatoms. The molecular weight excluding hydrogens is 330 g/mol. The topological polar surface area (TPSA) is 112 Å². The molecule has 0 atom stereocenters. The molecule has 1 N–H and O–H groups in total. The first kappa shape index (κ1) is 14.2. The average molecular weight is 339 g/mol. The molecule has 9 nitrogen and oxygen atoms in total. The number of benzene rings is 1. The fraction of sp³-hybridized carbons (Fsp3) is 0. The molecule has 0 amide bonds. The fourth-order valence-electron chi connectivity index (χ4n) is 2.11. The van der Waals surface area contributed by atoms with Crippen molar-refractivity contribution in [1.82, 2.24) is 24.7 Å². The Morgan fingerprint density at radius 3 is 2.88 bits per heavy atom. The number of nitro benzene ring substituents is 1. The van der Waals surface area contributed by atoms with Crippen LogP contribution >= 0.6 is 11.3 Å². The van der Waals surface area contributed by atoms with Crippen molar-refractivity contribution in [2.75, 3.05) is 5.32 Å². The lowest BCUT2D eigenvalue weighted by atomic mass is 10.3. The summed E-state index contributed by atoms with van der Waals surface area (Å²) in [6.45, 7) is 0. The van der Waals surface area contributed by atoms with E-state index in [1.165, 1.54) is 23.5 Å². The number of aromatic nitrogens is 5. The maximum absolute atomic E-state index is 10.8. The molecule has 3 heterocycles. The largest absolute Gasteiger partial charge is 0.329 e. The summed E-state index contributed by atoms with van der Waals surface area (Å²) in [7, 11) is 0. The van der Waals surface area contributed by atoms with Crippen LogP contribution in [0.15, 0.2) is 49.1 Å². The van der Waals surface area contributed by atoms with Crippen molar-refractivity contribution in [1.29, 1.82) is 0 Å². The van der Waals surface area contributed by atoms with Crippen molar-refractivity contribution < 1.29 is 4.92 Å². The van der Waals surface area contributed by atoms with Gasteiger partial charge in [0.25, 0.3) is 5.69 Å². The van der Waals surface area contributed by atoms with Gasteiger partial charge in [-0.15, -0.1) is 0 Å². The second-order valence-corrected chi connectivity index (χ2v) is 5.81. The highest BCUT2D eigenvalue weighted by atomic mass is 32.1. The van der Waals surface area contributed by atoms with Crippen LogP contribution in [0.25, 0.3) is 16.2 Å². The van der Waals surface area contributed by atoms with Crippen molar-refractivity contribution in [3.05, 3.63) is 59.2 Å². The Morgan fingerprint density at radius 2 is 2.08 bits per heavy atom. The summed E-state index contributed by atoms with van der Waals surface area (Å²) in [6, 6.07) is 6.32. The lowest BCUT2D eigenvalue weighted by Crippen LogP contribution is -1.99. The van der Waals surface area contributed by atoms with E-state index in [0.717, 1.165) is 10.4 Å². The van der Waals surface area contributed by atoms with Crippen molar-refractivity contribution in [3.63, 3.8) is 0 Å². The SMILES string of the molecule is O=[N+]([O-])c1ccc2nc(Nc3cnn(-c4ncccn4)c3)sc2c1. The van der Waals surface area contributed by atoms with Gasteiger partial charge in [-0.3, -0.25) is 10.1 Å². The zero-order valence-corrected chi connectivity index (χ0v) is 12.8. The Labute approximate surface area is 138 Å². The molecule has 0 aliphatic carbocycles. The first-order valence-corrected chi connectivity index (χ1v) is 7.65. The summed E-state index contributed by atoms with van der Waals surface area (Å²) in [5.41, 5.74) is 1.47. The van der Waals surface area contributed by atoms with Gasteiger partial charge < -0.3 is 5.32 Å². The van der Waals surface area contributed by atoms with E-state index in [4.69, 9.17) is 0 Å². The third-order valence-corrected chi connectivity index (χ3v) is 4.11.